The van der Waals surface area contributed by atoms with Crippen molar-refractivity contribution < 1.29 is 0 Å². The molecule has 56 valence electrons. The standard InChI is InChI=1S/C7H12N2S/c1-4-7(3)6(2)8-5-9-10-7/h5H,4H2,1-3H3. The van der Waals surface area contributed by atoms with Crippen LogP contribution in [0.5, 0.6) is 0 Å². The van der Waals surface area contributed by atoms with Gasteiger partial charge in [-0.3, -0.25) is 0 Å². The summed E-state index contributed by atoms with van der Waals surface area (Å²) in [5.41, 5.74) is 1.18. The van der Waals surface area contributed by atoms with Gasteiger partial charge in [0, 0.05) is 5.71 Å². The van der Waals surface area contributed by atoms with Crippen molar-refractivity contribution in [2.45, 2.75) is 31.9 Å². The predicted molar refractivity (Wildman–Crippen MR) is 47.9 cm³/mol. The molecule has 0 bridgehead atoms. The zero-order chi connectivity index (χ0) is 7.61. The van der Waals surface area contributed by atoms with Crippen molar-refractivity contribution in [3.63, 3.8) is 0 Å². The highest BCUT2D eigenvalue weighted by Gasteiger charge is 2.27. The van der Waals surface area contributed by atoms with E-state index in [1.807, 2.05) is 0 Å². The number of hydrogen-bond acceptors (Lipinski definition) is 3. The third kappa shape index (κ3) is 1.24. The van der Waals surface area contributed by atoms with Crippen LogP contribution in [0.1, 0.15) is 27.2 Å². The molecule has 0 N–H and O–H groups in total. The highest BCUT2D eigenvalue weighted by atomic mass is 32.2. The molecule has 0 aromatic carbocycles. The third-order valence-electron chi connectivity index (χ3n) is 1.99. The molecule has 0 aliphatic carbocycles. The van der Waals surface area contributed by atoms with Crippen LogP contribution in [0.3, 0.4) is 0 Å². The molecule has 10 heavy (non-hydrogen) atoms. The van der Waals surface area contributed by atoms with Crippen molar-refractivity contribution in [1.29, 1.82) is 0 Å². The summed E-state index contributed by atoms with van der Waals surface area (Å²) in [6.07, 6.45) is 2.71. The molecule has 0 spiro atoms. The Morgan fingerprint density at radius 2 is 2.40 bits per heavy atom. The van der Waals surface area contributed by atoms with E-state index < -0.39 is 0 Å². The Hall–Kier alpha value is -0.310. The lowest BCUT2D eigenvalue weighted by Crippen LogP contribution is -2.29. The molecule has 0 aromatic rings. The molecular formula is C7H12N2S. The van der Waals surface area contributed by atoms with Gasteiger partial charge in [0.2, 0.25) is 0 Å². The maximum atomic E-state index is 4.16. The molecule has 0 fully saturated rings. The fraction of sp³-hybridized carbons (Fsp3) is 0.714. The fourth-order valence-corrected chi connectivity index (χ4v) is 1.41. The first-order chi connectivity index (χ1) is 4.69. The number of rotatable bonds is 1. The molecule has 3 heteroatoms. The zero-order valence-corrected chi connectivity index (χ0v) is 7.40. The molecular weight excluding hydrogens is 144 g/mol. The molecule has 1 unspecified atom stereocenters. The summed E-state index contributed by atoms with van der Waals surface area (Å²) in [5.74, 6) is 0. The lowest BCUT2D eigenvalue weighted by Gasteiger charge is -2.26. The first-order valence-corrected chi connectivity index (χ1v) is 4.21. The monoisotopic (exact) mass is 156 g/mol. The van der Waals surface area contributed by atoms with Crippen LogP contribution < -0.4 is 0 Å². The fourth-order valence-electron chi connectivity index (χ4n) is 0.773. The Morgan fingerprint density at radius 3 is 2.80 bits per heavy atom. The summed E-state index contributed by atoms with van der Waals surface area (Å²) in [6.45, 7) is 6.39. The van der Waals surface area contributed by atoms with Crippen molar-refractivity contribution in [1.82, 2.24) is 0 Å². The normalized spacial score (nSPS) is 32.1. The lowest BCUT2D eigenvalue weighted by molar-refractivity contribution is 0.790. The van der Waals surface area contributed by atoms with Gasteiger partial charge in [0.1, 0.15) is 6.34 Å². The van der Waals surface area contributed by atoms with Crippen LogP contribution in [0.15, 0.2) is 9.39 Å². The largest absolute Gasteiger partial charge is 0.244 e. The Kier molecular flexibility index (Phi) is 2.14. The average molecular weight is 156 g/mol. The zero-order valence-electron chi connectivity index (χ0n) is 6.59. The highest BCUT2D eigenvalue weighted by molar-refractivity contribution is 8.00. The van der Waals surface area contributed by atoms with Gasteiger partial charge in [-0.15, -0.1) is 0 Å². The molecule has 1 rings (SSSR count). The Labute approximate surface area is 66.0 Å². The van der Waals surface area contributed by atoms with E-state index in [-0.39, 0.29) is 4.75 Å². The van der Waals surface area contributed by atoms with Gasteiger partial charge in [-0.1, -0.05) is 6.92 Å². The molecule has 2 nitrogen and oxygen atoms in total. The predicted octanol–water partition coefficient (Wildman–Crippen LogP) is 2.31. The summed E-state index contributed by atoms with van der Waals surface area (Å²) < 4.78 is 4.20. The highest BCUT2D eigenvalue weighted by Crippen LogP contribution is 2.32. The Bertz CT molecular complexity index is 186. The third-order valence-corrected chi connectivity index (χ3v) is 3.18. The minimum absolute atomic E-state index is 0.148. The van der Waals surface area contributed by atoms with E-state index in [0.717, 1.165) is 6.42 Å². The van der Waals surface area contributed by atoms with E-state index in [2.05, 4.69) is 30.2 Å². The number of nitrogens with zero attached hydrogens (tertiary/aromatic N) is 2. The van der Waals surface area contributed by atoms with Crippen molar-refractivity contribution in [2.75, 3.05) is 0 Å². The average Bonchev–Trinajstić information content (AvgIpc) is 1.96. The summed E-state index contributed by atoms with van der Waals surface area (Å²) in [6, 6.07) is 0. The molecule has 1 aliphatic rings. The maximum Gasteiger partial charge on any atom is 0.123 e. The lowest BCUT2D eigenvalue weighted by atomic mass is 10.0. The maximum absolute atomic E-state index is 4.16. The van der Waals surface area contributed by atoms with Gasteiger partial charge < -0.3 is 0 Å². The van der Waals surface area contributed by atoms with E-state index in [0.29, 0.717) is 0 Å². The van der Waals surface area contributed by atoms with Crippen LogP contribution in [0.25, 0.3) is 0 Å². The number of hydrogen-bond donors (Lipinski definition) is 0. The van der Waals surface area contributed by atoms with Gasteiger partial charge in [-0.25, -0.2) is 9.39 Å². The first-order valence-electron chi connectivity index (χ1n) is 3.44. The van der Waals surface area contributed by atoms with Crippen molar-refractivity contribution >= 4 is 24.0 Å². The van der Waals surface area contributed by atoms with Crippen molar-refractivity contribution in [2.24, 2.45) is 9.39 Å². The SMILES string of the molecule is CCC1(C)SN=CN=C1C. The Balaban J connectivity index is 2.81. The summed E-state index contributed by atoms with van der Waals surface area (Å²) in [4.78, 5) is 4.16. The minimum Gasteiger partial charge on any atom is -0.244 e. The van der Waals surface area contributed by atoms with Gasteiger partial charge in [-0.2, -0.15) is 0 Å². The van der Waals surface area contributed by atoms with Crippen LogP contribution >= 0.6 is 11.9 Å². The second kappa shape index (κ2) is 2.74. The van der Waals surface area contributed by atoms with Crippen molar-refractivity contribution in [3.05, 3.63) is 0 Å². The summed E-state index contributed by atoms with van der Waals surface area (Å²) >= 11 is 1.61. The van der Waals surface area contributed by atoms with Crippen LogP contribution in [-0.2, 0) is 0 Å². The second-order valence-electron chi connectivity index (χ2n) is 2.61. The molecule has 1 atom stereocenters. The Morgan fingerprint density at radius 1 is 1.70 bits per heavy atom. The number of aliphatic imine (C=N–C) groups is 1. The van der Waals surface area contributed by atoms with Gasteiger partial charge >= 0.3 is 0 Å². The molecule has 0 saturated heterocycles. The molecule has 0 aromatic heterocycles. The smallest absolute Gasteiger partial charge is 0.123 e. The van der Waals surface area contributed by atoms with Gasteiger partial charge in [-0.05, 0) is 32.2 Å². The molecule has 0 radical (unpaired) electrons. The van der Waals surface area contributed by atoms with E-state index in [1.54, 1.807) is 18.3 Å². The molecule has 0 saturated carbocycles. The van der Waals surface area contributed by atoms with Crippen LogP contribution in [0, 0.1) is 0 Å². The quantitative estimate of drug-likeness (QED) is 0.535. The minimum atomic E-state index is 0.148. The van der Waals surface area contributed by atoms with E-state index in [4.69, 9.17) is 0 Å². The van der Waals surface area contributed by atoms with E-state index in [9.17, 15) is 0 Å². The van der Waals surface area contributed by atoms with E-state index >= 15 is 0 Å². The van der Waals surface area contributed by atoms with Crippen LogP contribution in [0.4, 0.5) is 0 Å². The topological polar surface area (TPSA) is 24.7 Å². The summed E-state index contributed by atoms with van der Waals surface area (Å²) in [5, 5.41) is 0. The van der Waals surface area contributed by atoms with Gasteiger partial charge in [0.25, 0.3) is 0 Å². The van der Waals surface area contributed by atoms with Crippen LogP contribution in [-0.4, -0.2) is 16.8 Å². The summed E-state index contributed by atoms with van der Waals surface area (Å²) in [7, 11) is 0. The van der Waals surface area contributed by atoms with Crippen LogP contribution in [0.2, 0.25) is 0 Å². The molecule has 1 aliphatic heterocycles. The van der Waals surface area contributed by atoms with Gasteiger partial charge in [0.15, 0.2) is 0 Å². The second-order valence-corrected chi connectivity index (χ2v) is 3.91. The first kappa shape index (κ1) is 7.79. The van der Waals surface area contributed by atoms with E-state index in [1.165, 1.54) is 5.71 Å². The molecule has 1 heterocycles. The van der Waals surface area contributed by atoms with Gasteiger partial charge in [0.05, 0.1) is 4.75 Å². The van der Waals surface area contributed by atoms with Crippen molar-refractivity contribution in [3.8, 4) is 0 Å². The molecule has 0 amide bonds.